The fourth-order valence-electron chi connectivity index (χ4n) is 4.39. The van der Waals surface area contributed by atoms with Gasteiger partial charge in [0.1, 0.15) is 57.8 Å². The quantitative estimate of drug-likeness (QED) is 0.0825. The van der Waals surface area contributed by atoms with Crippen molar-refractivity contribution in [2.45, 2.75) is 19.6 Å². The van der Waals surface area contributed by atoms with Gasteiger partial charge in [-0.2, -0.15) is 20.2 Å². The Kier molecular flexibility index (Phi) is 27.0. The van der Waals surface area contributed by atoms with Crippen LogP contribution in [0, 0.1) is 5.92 Å². The molecule has 4 rings (SSSR count). The van der Waals surface area contributed by atoms with Crippen LogP contribution in [0.3, 0.4) is 0 Å². The second-order valence-electron chi connectivity index (χ2n) is 10.1. The molecule has 0 bridgehead atoms. The molecule has 2 heterocycles. The van der Waals surface area contributed by atoms with Crippen LogP contribution in [0.4, 0.5) is 11.4 Å². The Balaban J connectivity index is -0.00000523. The van der Waals surface area contributed by atoms with E-state index in [-0.39, 0.29) is 199 Å². The third-order valence-corrected chi connectivity index (χ3v) is 10.00. The van der Waals surface area contributed by atoms with Crippen LogP contribution in [-0.4, -0.2) is 87.1 Å². The van der Waals surface area contributed by atoms with Gasteiger partial charge in [0, 0.05) is 0 Å². The first-order valence-electron chi connectivity index (χ1n) is 13.5. The molecule has 0 saturated carbocycles. The van der Waals surface area contributed by atoms with Gasteiger partial charge in [0.2, 0.25) is 0 Å². The Morgan fingerprint density at radius 3 is 1.54 bits per heavy atom. The van der Waals surface area contributed by atoms with Crippen LogP contribution in [0.2, 0.25) is 0 Å². The molecule has 0 aliphatic carbocycles. The summed E-state index contributed by atoms with van der Waals surface area (Å²) in [6.45, 7) is 0. The molecule has 32 heteroatoms. The summed E-state index contributed by atoms with van der Waals surface area (Å²) >= 11 is 0. The number of carboxylic acid groups (broad SMARTS) is 2. The van der Waals surface area contributed by atoms with Gasteiger partial charge in [0.05, 0.1) is 48.5 Å². The Morgan fingerprint density at radius 2 is 1.08 bits per heavy atom. The van der Waals surface area contributed by atoms with Crippen LogP contribution in [-0.2, 0) is 59.7 Å². The van der Waals surface area contributed by atoms with E-state index in [0.29, 0.717) is 24.3 Å². The van der Waals surface area contributed by atoms with E-state index in [1.165, 1.54) is 6.08 Å². The summed E-state index contributed by atoms with van der Waals surface area (Å²) in [5.41, 5.74) is -4.41. The number of allylic oxidation sites excluding steroid dienone is 6. The fraction of sp³-hybridized carbons (Fsp3) is 0.0370. The molecule has 22 nitrogen and oxygen atoms in total. The largest absolute Gasteiger partial charge is 1.00 e. The van der Waals surface area contributed by atoms with Crippen LogP contribution >= 0.6 is 0 Å². The zero-order chi connectivity index (χ0) is 39.8. The number of rotatable bonds is 12. The Morgan fingerprint density at radius 1 is 0.593 bits per heavy atom. The summed E-state index contributed by atoms with van der Waals surface area (Å²) in [7, 11) is -21.6. The molecule has 2 aromatic rings. The van der Waals surface area contributed by atoms with Gasteiger partial charge in [0.15, 0.2) is 0 Å². The molecule has 0 radical (unpaired) electrons. The summed E-state index contributed by atoms with van der Waals surface area (Å²) in [5.74, 6) is -8.35. The monoisotopic (exact) mass is 948 g/mol. The molecular weight excluding hydrogens is 935 g/mol. The topological polar surface area (TPSA) is 374 Å². The molecule has 2 aromatic carbocycles. The number of carbonyl (C=O) groups is 4. The van der Waals surface area contributed by atoms with E-state index in [1.807, 2.05) is 0 Å². The van der Waals surface area contributed by atoms with E-state index in [2.05, 4.69) is 10.2 Å². The number of hydrazone groups is 2. The predicted octanol–water partition coefficient (Wildman–Crippen LogP) is -21.9. The maximum atomic E-state index is 13.0. The number of nitrogens with zero attached hydrogens (tertiary/aromatic N) is 4. The molecule has 280 valence electrons. The van der Waals surface area contributed by atoms with E-state index in [0.717, 1.165) is 36.5 Å². The van der Waals surface area contributed by atoms with E-state index in [9.17, 15) is 81.3 Å². The molecule has 0 spiro atoms. The van der Waals surface area contributed by atoms with Crippen molar-refractivity contribution >= 4 is 87.0 Å². The van der Waals surface area contributed by atoms with Crippen molar-refractivity contribution in [1.82, 2.24) is 0 Å². The third-order valence-electron chi connectivity index (χ3n) is 6.67. The third kappa shape index (κ3) is 16.0. The molecule has 0 aromatic heterocycles. The van der Waals surface area contributed by atoms with Gasteiger partial charge in [-0.1, -0.05) is 36.5 Å². The summed E-state index contributed by atoms with van der Waals surface area (Å²) in [4.78, 5) is 44.3. The molecule has 0 saturated heterocycles. The first kappa shape index (κ1) is 63.5. The van der Waals surface area contributed by atoms with Crippen LogP contribution < -0.4 is 198 Å². The molecule has 2 aliphatic rings. The number of amides is 2. The number of aliphatic carboxylic acids is 2. The van der Waals surface area contributed by atoms with Crippen LogP contribution in [0.15, 0.2) is 114 Å². The summed E-state index contributed by atoms with van der Waals surface area (Å²) in [6.07, 6.45) is 7.35. The summed E-state index contributed by atoms with van der Waals surface area (Å²) in [6, 6.07) is 2.45. The normalized spacial score (nSPS) is 16.3. The predicted molar refractivity (Wildman–Crippen MR) is 164 cm³/mol. The minimum absolute atomic E-state index is 0. The minimum Gasteiger partial charge on any atom is -0.744 e. The number of hydrogen-bond acceptors (Lipinski definition) is 20. The average Bonchev–Trinajstić information content (AvgIpc) is 3.54. The molecule has 2 amide bonds. The average molecular weight is 949 g/mol. The molecule has 0 N–H and O–H groups in total. The minimum atomic E-state index is -5.57. The van der Waals surface area contributed by atoms with Crippen molar-refractivity contribution in [1.29, 1.82) is 0 Å². The second-order valence-corrected chi connectivity index (χ2v) is 15.6. The molecule has 2 aliphatic heterocycles. The molecule has 1 unspecified atom stereocenters. The Labute approximate surface area is 468 Å². The molecular formula is C27H14N4Na6O18S4. The second kappa shape index (κ2) is 25.1. The molecule has 1 atom stereocenters. The smallest absolute Gasteiger partial charge is 0.744 e. The summed E-state index contributed by atoms with van der Waals surface area (Å²) in [5, 5.41) is 30.6. The van der Waals surface area contributed by atoms with Gasteiger partial charge in [-0.3, -0.25) is 9.59 Å². The fourth-order valence-corrected chi connectivity index (χ4v) is 6.79. The Bertz CT molecular complexity index is 2600. The van der Waals surface area contributed by atoms with Crippen molar-refractivity contribution in [3.63, 3.8) is 0 Å². The molecule has 59 heavy (non-hydrogen) atoms. The zero-order valence-electron chi connectivity index (χ0n) is 31.4. The Hall–Kier alpha value is 0.260. The van der Waals surface area contributed by atoms with Gasteiger partial charge in [-0.15, -0.1) is 0 Å². The maximum Gasteiger partial charge on any atom is 1.00 e. The van der Waals surface area contributed by atoms with Gasteiger partial charge < -0.3 is 38.0 Å². The van der Waals surface area contributed by atoms with E-state index in [4.69, 9.17) is 0 Å². The van der Waals surface area contributed by atoms with Crippen molar-refractivity contribution in [3.8, 4) is 0 Å². The van der Waals surface area contributed by atoms with Crippen LogP contribution in [0.5, 0.6) is 0 Å². The SMILES string of the molecule is O=C([O-])C1=NN(c2ccc(S(=O)(=O)[O-])cc2S(=O)(=O)[O-])C(=O)\C1=C/C=C/C=C/C=C/C1C(=O)N(c2cc(S(=O)(=O)[O-])cc(S(=O)(=O)[O-])c2)N=C1C(=O)[O-].[Na+].[Na+].[Na+].[Na+].[Na+].[Na+]. The van der Waals surface area contributed by atoms with E-state index >= 15 is 0 Å². The van der Waals surface area contributed by atoms with Crippen molar-refractivity contribution < 1.29 is 259 Å². The number of carboxylic acids is 2. The van der Waals surface area contributed by atoms with Crippen LogP contribution in [0.25, 0.3) is 0 Å². The van der Waals surface area contributed by atoms with Gasteiger partial charge in [0.25, 0.3) is 11.8 Å². The molecule has 0 fully saturated rings. The van der Waals surface area contributed by atoms with Gasteiger partial charge in [-0.05, 0) is 42.5 Å². The van der Waals surface area contributed by atoms with E-state index in [1.54, 1.807) is 0 Å². The first-order chi connectivity index (χ1) is 24.3. The summed E-state index contributed by atoms with van der Waals surface area (Å²) < 4.78 is 138. The first-order valence-corrected chi connectivity index (χ1v) is 19.1. The number of benzene rings is 2. The number of anilines is 2. The maximum absolute atomic E-state index is 13.0. The standard InChI is InChI=1S/C27H20N4O18S4.6Na/c32-24-18(22(26(34)35)28-30(24)14-10-16(51(41,42)43)12-17(11-14)52(44,45)46)6-4-2-1-3-5-7-19-23(27(36)37)29-31(25(19)33)20-9-8-15(50(38,39)40)13-21(20)53(47,48)49;;;;;;/h1-13,18H,(H,34,35)(H,36,37)(H,38,39,40)(H,41,42,43)(H,44,45,46)(H,47,48,49);;;;;;/q;6*+1/p-6/b2-1+,5-3+,6-4+,19-7-;;;;;;. The number of carbonyl (C=O) groups excluding carboxylic acids is 4. The van der Waals surface area contributed by atoms with Crippen molar-refractivity contribution in [2.75, 3.05) is 10.0 Å². The van der Waals surface area contributed by atoms with Gasteiger partial charge >= 0.3 is 177 Å². The van der Waals surface area contributed by atoms with Crippen molar-refractivity contribution in [2.24, 2.45) is 16.1 Å². The number of hydrogen-bond donors (Lipinski definition) is 0. The zero-order valence-corrected chi connectivity index (χ0v) is 46.6. The van der Waals surface area contributed by atoms with Gasteiger partial charge in [-0.25, -0.2) is 33.7 Å². The van der Waals surface area contributed by atoms with E-state index < -0.39 is 118 Å². The van der Waals surface area contributed by atoms with Crippen LogP contribution in [0.1, 0.15) is 0 Å². The van der Waals surface area contributed by atoms with Crippen molar-refractivity contribution in [3.05, 3.63) is 84.5 Å².